The fourth-order valence-corrected chi connectivity index (χ4v) is 4.53. The van der Waals surface area contributed by atoms with Gasteiger partial charge in [0.2, 0.25) is 0 Å². The van der Waals surface area contributed by atoms with Crippen LogP contribution in [0.2, 0.25) is 0 Å². The van der Waals surface area contributed by atoms with Crippen LogP contribution in [0.1, 0.15) is 47.5 Å². The van der Waals surface area contributed by atoms with Gasteiger partial charge >= 0.3 is 0 Å². The Balaban J connectivity index is 2.21. The van der Waals surface area contributed by atoms with E-state index >= 15 is 0 Å². The highest BCUT2D eigenvalue weighted by Crippen LogP contribution is 2.68. The van der Waals surface area contributed by atoms with E-state index in [9.17, 15) is 0 Å². The summed E-state index contributed by atoms with van der Waals surface area (Å²) in [6.45, 7) is 12.3. The quantitative estimate of drug-likeness (QED) is 0.573. The Hall–Kier alpha value is 0. The second-order valence-electron chi connectivity index (χ2n) is 5.83. The Bertz CT molecular complexity index is 208. The van der Waals surface area contributed by atoms with Crippen molar-refractivity contribution in [2.45, 2.75) is 47.5 Å². The fraction of sp³-hybridized carbons (Fsp3) is 1.00. The van der Waals surface area contributed by atoms with E-state index in [4.69, 9.17) is 0 Å². The SMILES string of the molecule is CCC1C(C)C2(C)C(C)C(C)CC12. The molecule has 2 aliphatic rings. The summed E-state index contributed by atoms with van der Waals surface area (Å²) >= 11 is 0. The largest absolute Gasteiger partial charge is 0.0651 e. The first-order valence-electron chi connectivity index (χ1n) is 6.03. The molecule has 0 aromatic heterocycles. The van der Waals surface area contributed by atoms with Crippen LogP contribution in [0.5, 0.6) is 0 Å². The lowest BCUT2D eigenvalue weighted by Crippen LogP contribution is -2.53. The molecular formula is C13H24. The molecule has 0 bridgehead atoms. The van der Waals surface area contributed by atoms with Gasteiger partial charge in [0.05, 0.1) is 0 Å². The monoisotopic (exact) mass is 180 g/mol. The summed E-state index contributed by atoms with van der Waals surface area (Å²) < 4.78 is 0. The lowest BCUT2D eigenvalue weighted by molar-refractivity contribution is -0.103. The highest BCUT2D eigenvalue weighted by molar-refractivity contribution is 5.10. The van der Waals surface area contributed by atoms with Crippen LogP contribution in [0.4, 0.5) is 0 Å². The predicted octanol–water partition coefficient (Wildman–Crippen LogP) is 3.96. The van der Waals surface area contributed by atoms with Crippen LogP contribution in [0.15, 0.2) is 0 Å². The molecule has 13 heavy (non-hydrogen) atoms. The summed E-state index contributed by atoms with van der Waals surface area (Å²) in [4.78, 5) is 0. The summed E-state index contributed by atoms with van der Waals surface area (Å²) in [5.74, 6) is 4.99. The second kappa shape index (κ2) is 2.74. The van der Waals surface area contributed by atoms with Crippen molar-refractivity contribution in [1.82, 2.24) is 0 Å². The Morgan fingerprint density at radius 3 is 2.31 bits per heavy atom. The van der Waals surface area contributed by atoms with E-state index in [1.807, 2.05) is 0 Å². The van der Waals surface area contributed by atoms with Gasteiger partial charge in [0.25, 0.3) is 0 Å². The first kappa shape index (κ1) is 9.55. The molecule has 0 N–H and O–H groups in total. The van der Waals surface area contributed by atoms with Crippen LogP contribution in [0, 0.1) is 35.0 Å². The van der Waals surface area contributed by atoms with Crippen molar-refractivity contribution in [3.05, 3.63) is 0 Å². The van der Waals surface area contributed by atoms with Crippen molar-refractivity contribution in [3.63, 3.8) is 0 Å². The third kappa shape index (κ3) is 0.926. The highest BCUT2D eigenvalue weighted by Gasteiger charge is 2.62. The standard InChI is InChI=1S/C13H24/c1-6-11-10(4)13(5)9(3)8(2)7-12(11)13/h8-12H,6-7H2,1-5H3. The van der Waals surface area contributed by atoms with E-state index in [0.717, 1.165) is 29.6 Å². The lowest BCUT2D eigenvalue weighted by Gasteiger charge is -2.58. The Morgan fingerprint density at radius 2 is 1.77 bits per heavy atom. The summed E-state index contributed by atoms with van der Waals surface area (Å²) in [6.07, 6.45) is 2.90. The van der Waals surface area contributed by atoms with E-state index in [1.54, 1.807) is 0 Å². The van der Waals surface area contributed by atoms with Crippen molar-refractivity contribution in [2.75, 3.05) is 0 Å². The van der Waals surface area contributed by atoms with Gasteiger partial charge in [-0.3, -0.25) is 0 Å². The molecule has 0 amide bonds. The zero-order chi connectivity index (χ0) is 9.80. The average molecular weight is 180 g/mol. The molecule has 2 fully saturated rings. The van der Waals surface area contributed by atoms with Crippen LogP contribution in [0.25, 0.3) is 0 Å². The summed E-state index contributed by atoms with van der Waals surface area (Å²) in [7, 11) is 0. The third-order valence-corrected chi connectivity index (χ3v) is 5.87. The molecule has 2 saturated carbocycles. The maximum atomic E-state index is 2.54. The normalized spacial score (nSPS) is 60.2. The Kier molecular flexibility index (Phi) is 2.02. The minimum atomic E-state index is 0.695. The summed E-state index contributed by atoms with van der Waals surface area (Å²) in [5, 5.41) is 0. The molecule has 0 nitrogen and oxygen atoms in total. The van der Waals surface area contributed by atoms with Crippen LogP contribution < -0.4 is 0 Å². The molecule has 6 atom stereocenters. The molecule has 0 aliphatic heterocycles. The van der Waals surface area contributed by atoms with Crippen LogP contribution in [-0.2, 0) is 0 Å². The van der Waals surface area contributed by atoms with Gasteiger partial charge in [-0.15, -0.1) is 0 Å². The molecule has 0 spiro atoms. The fourth-order valence-electron chi connectivity index (χ4n) is 4.53. The first-order valence-corrected chi connectivity index (χ1v) is 6.03. The van der Waals surface area contributed by atoms with E-state index in [-0.39, 0.29) is 0 Å². The van der Waals surface area contributed by atoms with Gasteiger partial charge in [-0.05, 0) is 41.4 Å². The first-order chi connectivity index (χ1) is 6.03. The minimum Gasteiger partial charge on any atom is -0.0651 e. The smallest absolute Gasteiger partial charge is 0.0238 e. The topological polar surface area (TPSA) is 0 Å². The zero-order valence-electron chi connectivity index (χ0n) is 9.80. The van der Waals surface area contributed by atoms with Crippen molar-refractivity contribution >= 4 is 0 Å². The molecule has 6 unspecified atom stereocenters. The van der Waals surface area contributed by atoms with Crippen molar-refractivity contribution < 1.29 is 0 Å². The molecule has 0 radical (unpaired) electrons. The number of hydrogen-bond acceptors (Lipinski definition) is 0. The molecule has 76 valence electrons. The highest BCUT2D eigenvalue weighted by atomic mass is 14.7. The van der Waals surface area contributed by atoms with E-state index in [0.29, 0.717) is 5.41 Å². The lowest BCUT2D eigenvalue weighted by atomic mass is 9.47. The van der Waals surface area contributed by atoms with E-state index < -0.39 is 0 Å². The van der Waals surface area contributed by atoms with Gasteiger partial charge in [0, 0.05) is 0 Å². The van der Waals surface area contributed by atoms with Gasteiger partial charge in [0.15, 0.2) is 0 Å². The average Bonchev–Trinajstić information content (AvgIpc) is 2.31. The van der Waals surface area contributed by atoms with Crippen LogP contribution in [-0.4, -0.2) is 0 Å². The number of fused-ring (bicyclic) bond motifs is 1. The van der Waals surface area contributed by atoms with E-state index in [2.05, 4.69) is 34.6 Å². The van der Waals surface area contributed by atoms with Gasteiger partial charge in [-0.25, -0.2) is 0 Å². The van der Waals surface area contributed by atoms with Crippen molar-refractivity contribution in [3.8, 4) is 0 Å². The molecule has 2 rings (SSSR count). The van der Waals surface area contributed by atoms with Crippen LogP contribution in [0.3, 0.4) is 0 Å². The number of rotatable bonds is 1. The maximum Gasteiger partial charge on any atom is -0.0238 e. The van der Waals surface area contributed by atoms with Gasteiger partial charge < -0.3 is 0 Å². The van der Waals surface area contributed by atoms with Gasteiger partial charge in [0.1, 0.15) is 0 Å². The summed E-state index contributed by atoms with van der Waals surface area (Å²) in [6, 6.07) is 0. The van der Waals surface area contributed by atoms with E-state index in [1.165, 1.54) is 12.8 Å². The summed E-state index contributed by atoms with van der Waals surface area (Å²) in [5.41, 5.74) is 0.695. The molecular weight excluding hydrogens is 156 g/mol. The molecule has 0 heterocycles. The third-order valence-electron chi connectivity index (χ3n) is 5.87. The molecule has 0 aromatic carbocycles. The van der Waals surface area contributed by atoms with Gasteiger partial charge in [-0.1, -0.05) is 41.0 Å². The Labute approximate surface area is 83.1 Å². The molecule has 0 saturated heterocycles. The van der Waals surface area contributed by atoms with Crippen LogP contribution >= 0.6 is 0 Å². The Morgan fingerprint density at radius 1 is 1.15 bits per heavy atom. The molecule has 2 aliphatic carbocycles. The van der Waals surface area contributed by atoms with Gasteiger partial charge in [-0.2, -0.15) is 0 Å². The van der Waals surface area contributed by atoms with Crippen molar-refractivity contribution in [1.29, 1.82) is 0 Å². The second-order valence-corrected chi connectivity index (χ2v) is 5.83. The van der Waals surface area contributed by atoms with Crippen molar-refractivity contribution in [2.24, 2.45) is 35.0 Å². The predicted molar refractivity (Wildman–Crippen MR) is 57.5 cm³/mol. The zero-order valence-corrected chi connectivity index (χ0v) is 9.80. The molecule has 0 aromatic rings. The minimum absolute atomic E-state index is 0.695. The number of hydrogen-bond donors (Lipinski definition) is 0. The molecule has 0 heteroatoms. The maximum absolute atomic E-state index is 2.54.